The molecule has 0 spiro atoms. The molecule has 7 nitrogen and oxygen atoms in total. The number of aromatic nitrogens is 3. The zero-order valence-corrected chi connectivity index (χ0v) is 16.4. The zero-order valence-electron chi connectivity index (χ0n) is 16.4. The molecule has 1 amide bonds. The molecule has 0 saturated heterocycles. The maximum Gasteiger partial charge on any atom is 0.257 e. The van der Waals surface area contributed by atoms with Gasteiger partial charge in [-0.2, -0.15) is 5.10 Å². The van der Waals surface area contributed by atoms with Gasteiger partial charge in [0, 0.05) is 11.8 Å². The van der Waals surface area contributed by atoms with Crippen LogP contribution in [-0.4, -0.2) is 33.7 Å². The van der Waals surface area contributed by atoms with Crippen molar-refractivity contribution >= 4 is 11.6 Å². The van der Waals surface area contributed by atoms with Crippen molar-refractivity contribution in [3.05, 3.63) is 78.1 Å². The normalized spacial score (nSPS) is 13.8. The predicted molar refractivity (Wildman–Crippen MR) is 112 cm³/mol. The summed E-state index contributed by atoms with van der Waals surface area (Å²) < 4.78 is 12.9. The Morgan fingerprint density at radius 2 is 1.87 bits per heavy atom. The van der Waals surface area contributed by atoms with Gasteiger partial charge < -0.3 is 14.8 Å². The van der Waals surface area contributed by atoms with Crippen LogP contribution in [0.15, 0.2) is 67.0 Å². The predicted octanol–water partition coefficient (Wildman–Crippen LogP) is 3.66. The van der Waals surface area contributed by atoms with Gasteiger partial charge in [0.1, 0.15) is 18.8 Å². The molecular formula is C23H20N4O3. The third-order valence-electron chi connectivity index (χ3n) is 5.13. The number of hydrogen-bond acceptors (Lipinski definition) is 5. The van der Waals surface area contributed by atoms with Crippen molar-refractivity contribution < 1.29 is 14.3 Å². The third kappa shape index (κ3) is 3.24. The first-order chi connectivity index (χ1) is 14.7. The summed E-state index contributed by atoms with van der Waals surface area (Å²) in [6.07, 6.45) is 3.25. The first-order valence-corrected chi connectivity index (χ1v) is 9.79. The number of fused-ring (bicyclic) bond motifs is 2. The van der Waals surface area contributed by atoms with Gasteiger partial charge in [-0.15, -0.1) is 0 Å². The lowest BCUT2D eigenvalue weighted by Crippen LogP contribution is -2.27. The largest absolute Gasteiger partial charge is 0.486 e. The van der Waals surface area contributed by atoms with Gasteiger partial charge in [0.15, 0.2) is 17.1 Å². The molecule has 1 atom stereocenters. The van der Waals surface area contributed by atoms with Crippen LogP contribution in [0.2, 0.25) is 0 Å². The molecule has 1 N–H and O–H groups in total. The van der Waals surface area contributed by atoms with Gasteiger partial charge in [-0.1, -0.05) is 36.4 Å². The van der Waals surface area contributed by atoms with Crippen LogP contribution in [0.1, 0.15) is 28.9 Å². The number of rotatable bonds is 4. The molecule has 1 aliphatic rings. The second-order valence-electron chi connectivity index (χ2n) is 7.09. The van der Waals surface area contributed by atoms with E-state index in [0.717, 1.165) is 22.6 Å². The molecule has 0 aliphatic carbocycles. The van der Waals surface area contributed by atoms with Crippen LogP contribution >= 0.6 is 0 Å². The molecule has 0 saturated carbocycles. The number of carbonyl (C=O) groups excluding carboxylic acids is 1. The van der Waals surface area contributed by atoms with E-state index in [1.54, 1.807) is 16.9 Å². The van der Waals surface area contributed by atoms with Crippen molar-refractivity contribution in [2.24, 2.45) is 0 Å². The van der Waals surface area contributed by atoms with Crippen LogP contribution in [-0.2, 0) is 0 Å². The molecule has 30 heavy (non-hydrogen) atoms. The Labute approximate surface area is 173 Å². The summed E-state index contributed by atoms with van der Waals surface area (Å²) >= 11 is 0. The highest BCUT2D eigenvalue weighted by atomic mass is 16.6. The maximum atomic E-state index is 13.0. The van der Waals surface area contributed by atoms with Gasteiger partial charge in [-0.05, 0) is 30.7 Å². The Morgan fingerprint density at radius 3 is 2.70 bits per heavy atom. The topological polar surface area (TPSA) is 77.8 Å². The fourth-order valence-electron chi connectivity index (χ4n) is 3.57. The molecule has 0 bridgehead atoms. The van der Waals surface area contributed by atoms with Gasteiger partial charge in [0.05, 0.1) is 17.9 Å². The van der Waals surface area contributed by atoms with Crippen LogP contribution in [0.3, 0.4) is 0 Å². The summed E-state index contributed by atoms with van der Waals surface area (Å²) in [7, 11) is 0. The maximum absolute atomic E-state index is 13.0. The Kier molecular flexibility index (Phi) is 4.55. The van der Waals surface area contributed by atoms with E-state index < -0.39 is 0 Å². The van der Waals surface area contributed by atoms with Crippen molar-refractivity contribution in [3.8, 4) is 22.8 Å². The monoisotopic (exact) mass is 400 g/mol. The first kappa shape index (κ1) is 18.2. The molecular weight excluding hydrogens is 380 g/mol. The smallest absolute Gasteiger partial charge is 0.257 e. The number of hydrogen-bond donors (Lipinski definition) is 1. The molecule has 2 aromatic heterocycles. The summed E-state index contributed by atoms with van der Waals surface area (Å²) in [6, 6.07) is 17.3. The quantitative estimate of drug-likeness (QED) is 0.566. The molecule has 2 aromatic carbocycles. The lowest BCUT2D eigenvalue weighted by Gasteiger charge is -2.21. The van der Waals surface area contributed by atoms with Crippen molar-refractivity contribution in [3.63, 3.8) is 0 Å². The molecule has 0 fully saturated rings. The second kappa shape index (κ2) is 7.51. The van der Waals surface area contributed by atoms with Gasteiger partial charge in [-0.25, -0.2) is 9.50 Å². The van der Waals surface area contributed by atoms with E-state index in [1.807, 2.05) is 61.5 Å². The SMILES string of the molecule is C[C@H](NC(=O)c1cnn2c(-c3ccccc3)ccnc12)c1ccc2c(c1)OCCO2. The number of nitrogens with one attached hydrogen (secondary N) is 1. The average molecular weight is 400 g/mol. The number of amides is 1. The van der Waals surface area contributed by atoms with Crippen molar-refractivity contribution in [1.82, 2.24) is 19.9 Å². The summed E-state index contributed by atoms with van der Waals surface area (Å²) in [5, 5.41) is 7.44. The summed E-state index contributed by atoms with van der Waals surface area (Å²) in [6.45, 7) is 3.00. The van der Waals surface area contributed by atoms with E-state index in [0.29, 0.717) is 30.2 Å². The Hall–Kier alpha value is -3.87. The lowest BCUT2D eigenvalue weighted by atomic mass is 10.1. The van der Waals surface area contributed by atoms with Crippen molar-refractivity contribution in [2.45, 2.75) is 13.0 Å². The van der Waals surface area contributed by atoms with Gasteiger partial charge in [-0.3, -0.25) is 4.79 Å². The first-order valence-electron chi connectivity index (χ1n) is 9.79. The standard InChI is InChI=1S/C23H20N4O3/c1-15(17-7-8-20-21(13-17)30-12-11-29-20)26-23(28)18-14-25-27-19(9-10-24-22(18)27)16-5-3-2-4-6-16/h2-10,13-15H,11-12H2,1H3,(H,26,28)/t15-/m0/s1. The Morgan fingerprint density at radius 1 is 1.07 bits per heavy atom. The number of benzene rings is 2. The molecule has 0 radical (unpaired) electrons. The lowest BCUT2D eigenvalue weighted by molar-refractivity contribution is 0.0941. The highest BCUT2D eigenvalue weighted by Crippen LogP contribution is 2.32. The van der Waals surface area contributed by atoms with Crippen molar-refractivity contribution in [1.29, 1.82) is 0 Å². The Balaban J connectivity index is 1.41. The average Bonchev–Trinajstić information content (AvgIpc) is 3.24. The number of carbonyl (C=O) groups is 1. The van der Waals surface area contributed by atoms with E-state index in [4.69, 9.17) is 9.47 Å². The van der Waals surface area contributed by atoms with Crippen LogP contribution in [0.5, 0.6) is 11.5 Å². The third-order valence-corrected chi connectivity index (χ3v) is 5.13. The van der Waals surface area contributed by atoms with Crippen LogP contribution < -0.4 is 14.8 Å². The van der Waals surface area contributed by atoms with Crippen LogP contribution in [0, 0.1) is 0 Å². The molecule has 150 valence electrons. The molecule has 1 aliphatic heterocycles. The minimum absolute atomic E-state index is 0.222. The number of nitrogens with zero attached hydrogens (tertiary/aromatic N) is 3. The van der Waals surface area contributed by atoms with Gasteiger partial charge in [0.25, 0.3) is 5.91 Å². The fourth-order valence-corrected chi connectivity index (χ4v) is 3.57. The van der Waals surface area contributed by atoms with Crippen LogP contribution in [0.4, 0.5) is 0 Å². The fraction of sp³-hybridized carbons (Fsp3) is 0.174. The Bertz CT molecular complexity index is 1220. The molecule has 7 heteroatoms. The van der Waals surface area contributed by atoms with Crippen molar-refractivity contribution in [2.75, 3.05) is 13.2 Å². The molecule has 3 heterocycles. The van der Waals surface area contributed by atoms with E-state index in [9.17, 15) is 4.79 Å². The van der Waals surface area contributed by atoms with E-state index in [2.05, 4.69) is 15.4 Å². The summed E-state index contributed by atoms with van der Waals surface area (Å²) in [5.74, 6) is 1.19. The van der Waals surface area contributed by atoms with Gasteiger partial charge >= 0.3 is 0 Å². The van der Waals surface area contributed by atoms with Gasteiger partial charge in [0.2, 0.25) is 0 Å². The summed E-state index contributed by atoms with van der Waals surface area (Å²) in [4.78, 5) is 17.4. The molecule has 5 rings (SSSR count). The van der Waals surface area contributed by atoms with E-state index in [1.165, 1.54) is 0 Å². The molecule has 0 unspecified atom stereocenters. The van der Waals surface area contributed by atoms with E-state index in [-0.39, 0.29) is 11.9 Å². The second-order valence-corrected chi connectivity index (χ2v) is 7.09. The minimum Gasteiger partial charge on any atom is -0.486 e. The summed E-state index contributed by atoms with van der Waals surface area (Å²) in [5.41, 5.74) is 3.76. The number of ether oxygens (including phenoxy) is 2. The minimum atomic E-state index is -0.231. The highest BCUT2D eigenvalue weighted by molar-refractivity contribution is 6.00. The molecule has 4 aromatic rings. The highest BCUT2D eigenvalue weighted by Gasteiger charge is 2.20. The van der Waals surface area contributed by atoms with Crippen LogP contribution in [0.25, 0.3) is 16.9 Å². The zero-order chi connectivity index (χ0) is 20.5. The van der Waals surface area contributed by atoms with E-state index >= 15 is 0 Å².